The summed E-state index contributed by atoms with van der Waals surface area (Å²) >= 11 is 0. The molecular weight excluding hydrogens is 366 g/mol. The van der Waals surface area contributed by atoms with E-state index in [0.29, 0.717) is 34.4 Å². The Hall–Kier alpha value is -3.30. The van der Waals surface area contributed by atoms with Gasteiger partial charge >= 0.3 is 0 Å². The highest BCUT2D eigenvalue weighted by atomic mass is 16.2. The Morgan fingerprint density at radius 3 is 2.28 bits per heavy atom. The maximum atomic E-state index is 12.8. The van der Waals surface area contributed by atoms with Crippen LogP contribution in [0.5, 0.6) is 0 Å². The number of rotatable bonds is 4. The molecule has 1 aliphatic heterocycles. The molecule has 0 aromatic heterocycles. The number of anilines is 1. The lowest BCUT2D eigenvalue weighted by Gasteiger charge is -2.30. The van der Waals surface area contributed by atoms with E-state index in [9.17, 15) is 14.4 Å². The van der Waals surface area contributed by atoms with Crippen LogP contribution < -0.4 is 5.32 Å². The molecule has 1 heterocycles. The summed E-state index contributed by atoms with van der Waals surface area (Å²) in [7, 11) is 0. The van der Waals surface area contributed by atoms with Gasteiger partial charge in [0.05, 0.1) is 6.07 Å². The molecule has 146 valence electrons. The summed E-state index contributed by atoms with van der Waals surface area (Å²) in [4.78, 5) is 40.4. The minimum atomic E-state index is -0.197. The zero-order valence-electron chi connectivity index (χ0n) is 16.0. The number of fused-ring (bicyclic) bond motifs is 2. The lowest BCUT2D eigenvalue weighted by atomic mass is 9.84. The number of ketones is 2. The second-order valence-electron chi connectivity index (χ2n) is 7.48. The summed E-state index contributed by atoms with van der Waals surface area (Å²) in [5.41, 5.74) is 2.06. The highest BCUT2D eigenvalue weighted by Gasteiger charge is 2.30. The Labute approximate surface area is 169 Å². The molecule has 2 aliphatic rings. The van der Waals surface area contributed by atoms with Crippen LogP contribution in [-0.4, -0.2) is 42.0 Å². The molecule has 6 heteroatoms. The maximum absolute atomic E-state index is 12.8. The molecule has 1 aliphatic carbocycles. The van der Waals surface area contributed by atoms with Gasteiger partial charge in [-0.3, -0.25) is 14.4 Å². The van der Waals surface area contributed by atoms with Crippen molar-refractivity contribution in [2.24, 2.45) is 5.92 Å². The van der Waals surface area contributed by atoms with Gasteiger partial charge in [0, 0.05) is 46.8 Å². The molecule has 0 radical (unpaired) electrons. The highest BCUT2D eigenvalue weighted by molar-refractivity contribution is 6.28. The SMILES string of the molecule is N#CCCN1CCC(C(=O)Nc2ccc3c(c2)C(=O)c2ccccc2C3=O)CC1. The van der Waals surface area contributed by atoms with Crippen LogP contribution >= 0.6 is 0 Å². The molecule has 1 fully saturated rings. The molecule has 6 nitrogen and oxygen atoms in total. The Bertz CT molecular complexity index is 1030. The molecule has 2 aromatic carbocycles. The Morgan fingerprint density at radius 2 is 1.62 bits per heavy atom. The highest BCUT2D eigenvalue weighted by Crippen LogP contribution is 2.29. The Kier molecular flexibility index (Phi) is 5.24. The number of carbonyl (C=O) groups is 3. The number of carbonyl (C=O) groups excluding carboxylic acids is 3. The van der Waals surface area contributed by atoms with E-state index in [1.165, 1.54) is 0 Å². The zero-order chi connectivity index (χ0) is 20.4. The number of piperidine rings is 1. The van der Waals surface area contributed by atoms with Crippen molar-refractivity contribution >= 4 is 23.2 Å². The average Bonchev–Trinajstić information content (AvgIpc) is 2.76. The molecule has 0 unspecified atom stereocenters. The van der Waals surface area contributed by atoms with Crippen LogP contribution in [0.1, 0.15) is 51.1 Å². The van der Waals surface area contributed by atoms with Gasteiger partial charge in [0.2, 0.25) is 5.91 Å². The first kappa shape index (κ1) is 19.0. The van der Waals surface area contributed by atoms with Gasteiger partial charge in [-0.2, -0.15) is 5.26 Å². The van der Waals surface area contributed by atoms with Gasteiger partial charge in [-0.05, 0) is 44.1 Å². The summed E-state index contributed by atoms with van der Waals surface area (Å²) in [6, 6.07) is 13.9. The van der Waals surface area contributed by atoms with E-state index in [-0.39, 0.29) is 23.4 Å². The average molecular weight is 387 g/mol. The van der Waals surface area contributed by atoms with E-state index in [4.69, 9.17) is 5.26 Å². The number of likely N-dealkylation sites (tertiary alicyclic amines) is 1. The van der Waals surface area contributed by atoms with E-state index in [1.54, 1.807) is 42.5 Å². The smallest absolute Gasteiger partial charge is 0.227 e. The third-order valence-corrected chi connectivity index (χ3v) is 5.69. The van der Waals surface area contributed by atoms with E-state index in [2.05, 4.69) is 16.3 Å². The number of nitriles is 1. The molecule has 0 saturated carbocycles. The van der Waals surface area contributed by atoms with Crippen LogP contribution in [0.15, 0.2) is 42.5 Å². The predicted molar refractivity (Wildman–Crippen MR) is 108 cm³/mol. The summed E-state index contributed by atoms with van der Waals surface area (Å²) in [5, 5.41) is 11.6. The summed E-state index contributed by atoms with van der Waals surface area (Å²) in [6.07, 6.45) is 1.99. The van der Waals surface area contributed by atoms with Crippen molar-refractivity contribution in [2.75, 3.05) is 25.0 Å². The van der Waals surface area contributed by atoms with Crippen LogP contribution in [0.3, 0.4) is 0 Å². The fourth-order valence-electron chi connectivity index (χ4n) is 4.05. The van der Waals surface area contributed by atoms with E-state index < -0.39 is 0 Å². The first-order valence-corrected chi connectivity index (χ1v) is 9.81. The van der Waals surface area contributed by atoms with Crippen LogP contribution in [0.25, 0.3) is 0 Å². The normalized spacial score (nSPS) is 16.7. The number of hydrogen-bond acceptors (Lipinski definition) is 5. The number of nitrogens with zero attached hydrogens (tertiary/aromatic N) is 2. The molecule has 1 N–H and O–H groups in total. The predicted octanol–water partition coefficient (Wildman–Crippen LogP) is 3.03. The van der Waals surface area contributed by atoms with Crippen LogP contribution in [0, 0.1) is 17.2 Å². The summed E-state index contributed by atoms with van der Waals surface area (Å²) in [5.74, 6) is -0.530. The number of hydrogen-bond donors (Lipinski definition) is 1. The van der Waals surface area contributed by atoms with Crippen molar-refractivity contribution in [3.05, 3.63) is 64.7 Å². The number of amides is 1. The zero-order valence-corrected chi connectivity index (χ0v) is 16.0. The molecular formula is C23H21N3O3. The Morgan fingerprint density at radius 1 is 1.00 bits per heavy atom. The molecule has 4 rings (SSSR count). The largest absolute Gasteiger partial charge is 0.326 e. The van der Waals surface area contributed by atoms with Gasteiger partial charge in [0.25, 0.3) is 0 Å². The Balaban J connectivity index is 1.46. The lowest BCUT2D eigenvalue weighted by molar-refractivity contribution is -0.121. The fourth-order valence-corrected chi connectivity index (χ4v) is 4.05. The van der Waals surface area contributed by atoms with Crippen LogP contribution in [0.2, 0.25) is 0 Å². The molecule has 1 saturated heterocycles. The van der Waals surface area contributed by atoms with Gasteiger partial charge in [0.15, 0.2) is 11.6 Å². The lowest BCUT2D eigenvalue weighted by Crippen LogP contribution is -2.38. The van der Waals surface area contributed by atoms with Crippen molar-refractivity contribution in [3.63, 3.8) is 0 Å². The van der Waals surface area contributed by atoms with Gasteiger partial charge in [-0.25, -0.2) is 0 Å². The van der Waals surface area contributed by atoms with Crippen molar-refractivity contribution in [2.45, 2.75) is 19.3 Å². The molecule has 0 atom stereocenters. The second kappa shape index (κ2) is 7.98. The topological polar surface area (TPSA) is 90.3 Å². The summed E-state index contributed by atoms with van der Waals surface area (Å²) < 4.78 is 0. The number of nitrogens with one attached hydrogen (secondary N) is 1. The molecule has 29 heavy (non-hydrogen) atoms. The first-order chi connectivity index (χ1) is 14.1. The van der Waals surface area contributed by atoms with Crippen molar-refractivity contribution in [1.29, 1.82) is 5.26 Å². The third-order valence-electron chi connectivity index (χ3n) is 5.69. The minimum Gasteiger partial charge on any atom is -0.326 e. The quantitative estimate of drug-likeness (QED) is 0.743. The van der Waals surface area contributed by atoms with E-state index >= 15 is 0 Å². The van der Waals surface area contributed by atoms with Gasteiger partial charge < -0.3 is 10.2 Å². The van der Waals surface area contributed by atoms with E-state index in [1.807, 2.05) is 0 Å². The van der Waals surface area contributed by atoms with Crippen molar-refractivity contribution in [3.8, 4) is 6.07 Å². The molecule has 0 spiro atoms. The molecule has 2 aromatic rings. The van der Waals surface area contributed by atoms with Gasteiger partial charge in [0.1, 0.15) is 0 Å². The van der Waals surface area contributed by atoms with Crippen molar-refractivity contribution in [1.82, 2.24) is 4.90 Å². The van der Waals surface area contributed by atoms with Gasteiger partial charge in [-0.15, -0.1) is 0 Å². The summed E-state index contributed by atoms with van der Waals surface area (Å²) in [6.45, 7) is 2.34. The van der Waals surface area contributed by atoms with E-state index in [0.717, 1.165) is 32.5 Å². The van der Waals surface area contributed by atoms with Gasteiger partial charge in [-0.1, -0.05) is 24.3 Å². The standard InChI is InChI=1S/C23H21N3O3/c24-10-3-11-26-12-8-15(9-13-26)23(29)25-16-6-7-19-20(14-16)22(28)18-5-2-1-4-17(18)21(19)27/h1-2,4-7,14-15H,3,8-9,11-13H2,(H,25,29). The fraction of sp³-hybridized carbons (Fsp3) is 0.304. The molecule has 0 bridgehead atoms. The molecule has 1 amide bonds. The first-order valence-electron chi connectivity index (χ1n) is 9.81. The second-order valence-corrected chi connectivity index (χ2v) is 7.48. The minimum absolute atomic E-state index is 0.0696. The number of benzene rings is 2. The third kappa shape index (κ3) is 3.69. The maximum Gasteiger partial charge on any atom is 0.227 e. The van der Waals surface area contributed by atoms with Crippen LogP contribution in [0.4, 0.5) is 5.69 Å². The van der Waals surface area contributed by atoms with Crippen LogP contribution in [-0.2, 0) is 4.79 Å². The monoisotopic (exact) mass is 387 g/mol. The van der Waals surface area contributed by atoms with Crippen molar-refractivity contribution < 1.29 is 14.4 Å².